The lowest BCUT2D eigenvalue weighted by Crippen LogP contribution is -2.47. The zero-order valence-electron chi connectivity index (χ0n) is 16.7. The van der Waals surface area contributed by atoms with E-state index in [1.165, 1.54) is 25.1 Å². The highest BCUT2D eigenvalue weighted by atomic mass is 32.2. The van der Waals surface area contributed by atoms with Gasteiger partial charge in [0.05, 0.1) is 11.5 Å². The third-order valence-corrected chi connectivity index (χ3v) is 5.11. The maximum Gasteiger partial charge on any atom is 0.279 e. The van der Waals surface area contributed by atoms with Gasteiger partial charge in [0.25, 0.3) is 11.8 Å². The molecule has 0 aromatic heterocycles. The monoisotopic (exact) mass is 420 g/mol. The molecule has 0 aliphatic heterocycles. The molecule has 0 aliphatic rings. The van der Waals surface area contributed by atoms with Crippen molar-refractivity contribution in [2.24, 2.45) is 0 Å². The highest BCUT2D eigenvalue weighted by molar-refractivity contribution is 7.90. The van der Waals surface area contributed by atoms with Gasteiger partial charge in [-0.3, -0.25) is 20.4 Å². The van der Waals surface area contributed by atoms with Gasteiger partial charge in [0.2, 0.25) is 0 Å². The third kappa shape index (κ3) is 6.21. The van der Waals surface area contributed by atoms with Crippen molar-refractivity contribution < 1.29 is 27.5 Å². The Hall–Kier alpha value is -3.07. The number of carbonyl (C=O) groups is 2. The molecule has 29 heavy (non-hydrogen) atoms. The second-order valence-corrected chi connectivity index (χ2v) is 8.37. The van der Waals surface area contributed by atoms with Crippen molar-refractivity contribution in [3.05, 3.63) is 53.6 Å². The van der Waals surface area contributed by atoms with E-state index in [4.69, 9.17) is 9.47 Å². The Morgan fingerprint density at radius 1 is 1.03 bits per heavy atom. The fourth-order valence-corrected chi connectivity index (χ4v) is 3.05. The first kappa shape index (κ1) is 22.2. The number of benzene rings is 2. The number of rotatable bonds is 7. The van der Waals surface area contributed by atoms with Gasteiger partial charge in [0.1, 0.15) is 11.5 Å². The topological polar surface area (TPSA) is 111 Å². The maximum absolute atomic E-state index is 12.4. The average Bonchev–Trinajstić information content (AvgIpc) is 2.67. The van der Waals surface area contributed by atoms with E-state index in [0.29, 0.717) is 23.7 Å². The molecule has 2 aromatic rings. The van der Waals surface area contributed by atoms with Crippen molar-refractivity contribution in [3.63, 3.8) is 0 Å². The predicted octanol–water partition coefficient (Wildman–Crippen LogP) is 2.03. The van der Waals surface area contributed by atoms with E-state index >= 15 is 0 Å². The minimum absolute atomic E-state index is 0.0202. The summed E-state index contributed by atoms with van der Waals surface area (Å²) in [5.41, 5.74) is 5.28. The fourth-order valence-electron chi connectivity index (χ4n) is 2.40. The van der Waals surface area contributed by atoms with Gasteiger partial charge in [-0.2, -0.15) is 0 Å². The molecule has 0 spiro atoms. The standard InChI is InChI=1S/C20H24N2O6S/c1-5-27-15-7-9-16(10-8-15)28-14(3)19(23)21-22-20(24)18-12-17(29(4,25)26)11-6-13(18)2/h6-12,14H,5H2,1-4H3,(H,21,23)(H,22,24)/t14-/m1/s1. The lowest BCUT2D eigenvalue weighted by atomic mass is 10.1. The molecule has 0 fully saturated rings. The van der Waals surface area contributed by atoms with Crippen molar-refractivity contribution in [2.45, 2.75) is 31.8 Å². The molecule has 2 rings (SSSR count). The zero-order valence-corrected chi connectivity index (χ0v) is 17.5. The lowest BCUT2D eigenvalue weighted by molar-refractivity contribution is -0.128. The van der Waals surface area contributed by atoms with Gasteiger partial charge in [-0.05, 0) is 62.7 Å². The summed E-state index contributed by atoms with van der Waals surface area (Å²) in [6.45, 7) is 5.63. The van der Waals surface area contributed by atoms with Gasteiger partial charge in [-0.15, -0.1) is 0 Å². The molecule has 2 N–H and O–H groups in total. The Labute approximate surface area is 170 Å². The molecule has 2 aromatic carbocycles. The third-order valence-electron chi connectivity index (χ3n) is 4.00. The van der Waals surface area contributed by atoms with Gasteiger partial charge in [0.15, 0.2) is 15.9 Å². The summed E-state index contributed by atoms with van der Waals surface area (Å²) >= 11 is 0. The van der Waals surface area contributed by atoms with Crippen LogP contribution in [0.25, 0.3) is 0 Å². The second-order valence-electron chi connectivity index (χ2n) is 6.36. The first-order valence-electron chi connectivity index (χ1n) is 8.92. The zero-order chi connectivity index (χ0) is 21.6. The second kappa shape index (κ2) is 9.42. The van der Waals surface area contributed by atoms with Gasteiger partial charge >= 0.3 is 0 Å². The summed E-state index contributed by atoms with van der Waals surface area (Å²) in [6.07, 6.45) is 0.179. The van der Waals surface area contributed by atoms with E-state index in [9.17, 15) is 18.0 Å². The van der Waals surface area contributed by atoms with E-state index in [-0.39, 0.29) is 10.5 Å². The van der Waals surface area contributed by atoms with Crippen LogP contribution in [0, 0.1) is 6.92 Å². The Balaban J connectivity index is 1.96. The Bertz CT molecular complexity index is 987. The number of aryl methyl sites for hydroxylation is 1. The molecule has 0 radical (unpaired) electrons. The smallest absolute Gasteiger partial charge is 0.279 e. The van der Waals surface area contributed by atoms with Crippen molar-refractivity contribution in [3.8, 4) is 11.5 Å². The molecule has 1 atom stereocenters. The number of ether oxygens (including phenoxy) is 2. The van der Waals surface area contributed by atoms with E-state index in [1.807, 2.05) is 6.92 Å². The van der Waals surface area contributed by atoms with Crippen LogP contribution < -0.4 is 20.3 Å². The quantitative estimate of drug-likeness (QED) is 0.663. The fraction of sp³-hybridized carbons (Fsp3) is 0.300. The van der Waals surface area contributed by atoms with Crippen molar-refractivity contribution >= 4 is 21.7 Å². The molecule has 0 heterocycles. The minimum atomic E-state index is -3.46. The van der Waals surface area contributed by atoms with E-state index < -0.39 is 27.8 Å². The van der Waals surface area contributed by atoms with Crippen LogP contribution in [-0.4, -0.2) is 39.2 Å². The number of amides is 2. The minimum Gasteiger partial charge on any atom is -0.494 e. The molecule has 9 heteroatoms. The molecule has 0 saturated carbocycles. The van der Waals surface area contributed by atoms with Crippen LogP contribution in [0.15, 0.2) is 47.4 Å². The summed E-state index contributed by atoms with van der Waals surface area (Å²) < 4.78 is 34.2. The highest BCUT2D eigenvalue weighted by Crippen LogP contribution is 2.19. The van der Waals surface area contributed by atoms with Gasteiger partial charge < -0.3 is 9.47 Å². The van der Waals surface area contributed by atoms with Crippen molar-refractivity contribution in [1.29, 1.82) is 0 Å². The van der Waals surface area contributed by atoms with Crippen LogP contribution in [0.2, 0.25) is 0 Å². The van der Waals surface area contributed by atoms with Crippen LogP contribution in [-0.2, 0) is 14.6 Å². The summed E-state index contributed by atoms with van der Waals surface area (Å²) in [5, 5.41) is 0. The Morgan fingerprint density at radius 2 is 1.66 bits per heavy atom. The predicted molar refractivity (Wildman–Crippen MR) is 108 cm³/mol. The molecule has 2 amide bonds. The van der Waals surface area contributed by atoms with Crippen LogP contribution in [0.5, 0.6) is 11.5 Å². The molecule has 0 bridgehead atoms. The van der Waals surface area contributed by atoms with Crippen LogP contribution in [0.3, 0.4) is 0 Å². The normalized spacial score (nSPS) is 12.0. The number of hydrazine groups is 1. The highest BCUT2D eigenvalue weighted by Gasteiger charge is 2.18. The summed E-state index contributed by atoms with van der Waals surface area (Å²) in [4.78, 5) is 24.6. The maximum atomic E-state index is 12.4. The van der Waals surface area contributed by atoms with Gasteiger partial charge in [0, 0.05) is 11.8 Å². The summed E-state index contributed by atoms with van der Waals surface area (Å²) in [7, 11) is -3.46. The summed E-state index contributed by atoms with van der Waals surface area (Å²) in [6, 6.07) is 11.0. The van der Waals surface area contributed by atoms with E-state index in [0.717, 1.165) is 6.26 Å². The van der Waals surface area contributed by atoms with Gasteiger partial charge in [-0.25, -0.2) is 8.42 Å². The molecule has 156 valence electrons. The SMILES string of the molecule is CCOc1ccc(O[C@H](C)C(=O)NNC(=O)c2cc(S(C)(=O)=O)ccc2C)cc1. The molecule has 0 unspecified atom stereocenters. The largest absolute Gasteiger partial charge is 0.494 e. The van der Waals surface area contributed by atoms with Gasteiger partial charge in [-0.1, -0.05) is 6.07 Å². The summed E-state index contributed by atoms with van der Waals surface area (Å²) in [5.74, 6) is -0.0335. The number of hydrogen-bond acceptors (Lipinski definition) is 6. The first-order chi connectivity index (χ1) is 13.6. The molecular formula is C20H24N2O6S. The number of hydrogen-bond donors (Lipinski definition) is 2. The molecule has 8 nitrogen and oxygen atoms in total. The first-order valence-corrected chi connectivity index (χ1v) is 10.8. The Kier molecular flexibility index (Phi) is 7.22. The molecule has 0 aliphatic carbocycles. The Morgan fingerprint density at radius 3 is 2.24 bits per heavy atom. The molecular weight excluding hydrogens is 396 g/mol. The van der Waals surface area contributed by atoms with Crippen LogP contribution >= 0.6 is 0 Å². The number of sulfone groups is 1. The number of carbonyl (C=O) groups excluding carboxylic acids is 2. The lowest BCUT2D eigenvalue weighted by Gasteiger charge is -2.16. The van der Waals surface area contributed by atoms with E-state index in [2.05, 4.69) is 10.9 Å². The van der Waals surface area contributed by atoms with Crippen LogP contribution in [0.1, 0.15) is 29.8 Å². The van der Waals surface area contributed by atoms with E-state index in [1.54, 1.807) is 31.2 Å². The number of nitrogens with one attached hydrogen (secondary N) is 2. The average molecular weight is 420 g/mol. The van der Waals surface area contributed by atoms with Crippen molar-refractivity contribution in [2.75, 3.05) is 12.9 Å². The molecule has 0 saturated heterocycles. The van der Waals surface area contributed by atoms with Crippen LogP contribution in [0.4, 0.5) is 0 Å². The van der Waals surface area contributed by atoms with Crippen molar-refractivity contribution in [1.82, 2.24) is 10.9 Å².